The Balaban J connectivity index is 2.56. The lowest BCUT2D eigenvalue weighted by atomic mass is 10.2. The molecule has 0 fully saturated rings. The van der Waals surface area contributed by atoms with Gasteiger partial charge in [-0.1, -0.05) is 12.1 Å². The van der Waals surface area contributed by atoms with E-state index in [0.717, 1.165) is 5.56 Å². The lowest BCUT2D eigenvalue weighted by Gasteiger charge is -2.08. The van der Waals surface area contributed by atoms with Crippen LogP contribution in [0.2, 0.25) is 0 Å². The summed E-state index contributed by atoms with van der Waals surface area (Å²) in [5.41, 5.74) is 7.29. The van der Waals surface area contributed by atoms with Crippen molar-refractivity contribution in [3.63, 3.8) is 0 Å². The van der Waals surface area contributed by atoms with Crippen LogP contribution in [0.4, 0.5) is 8.78 Å². The molecule has 0 spiro atoms. The highest BCUT2D eigenvalue weighted by molar-refractivity contribution is 5.38. The smallest absolute Gasteiger partial charge is 0.280 e. The molecule has 3 nitrogen and oxygen atoms in total. The molecule has 1 heterocycles. The highest BCUT2D eigenvalue weighted by Crippen LogP contribution is 2.25. The number of nitrogens with zero attached hydrogens (tertiary/aromatic N) is 2. The van der Waals surface area contributed by atoms with E-state index >= 15 is 0 Å². The van der Waals surface area contributed by atoms with Gasteiger partial charge in [0.25, 0.3) is 6.43 Å². The normalized spacial score (nSPS) is 11.1. The summed E-state index contributed by atoms with van der Waals surface area (Å²) >= 11 is 0. The summed E-state index contributed by atoms with van der Waals surface area (Å²) in [5.74, 6) is 0. The fraction of sp³-hybridized carbons (Fsp3) is 0.250. The fourth-order valence-electron chi connectivity index (χ4n) is 1.75. The van der Waals surface area contributed by atoms with Crippen molar-refractivity contribution in [2.75, 3.05) is 0 Å². The van der Waals surface area contributed by atoms with Crippen LogP contribution in [0.25, 0.3) is 5.69 Å². The van der Waals surface area contributed by atoms with Gasteiger partial charge in [0.15, 0.2) is 0 Å². The Morgan fingerprint density at radius 2 is 2.18 bits per heavy atom. The highest BCUT2D eigenvalue weighted by atomic mass is 19.3. The van der Waals surface area contributed by atoms with E-state index in [1.165, 1.54) is 10.9 Å². The SMILES string of the molecule is Cc1cccc(-n2ncc(CN)c2C(F)F)c1. The Labute approximate surface area is 97.9 Å². The van der Waals surface area contributed by atoms with Crippen LogP contribution < -0.4 is 5.73 Å². The molecule has 0 saturated heterocycles. The lowest BCUT2D eigenvalue weighted by molar-refractivity contribution is 0.141. The van der Waals surface area contributed by atoms with Gasteiger partial charge >= 0.3 is 0 Å². The van der Waals surface area contributed by atoms with Gasteiger partial charge in [-0.3, -0.25) is 0 Å². The minimum absolute atomic E-state index is 0.0610. The fourth-order valence-corrected chi connectivity index (χ4v) is 1.75. The van der Waals surface area contributed by atoms with Crippen molar-refractivity contribution in [3.8, 4) is 5.69 Å². The Bertz CT molecular complexity index is 520. The zero-order valence-corrected chi connectivity index (χ0v) is 9.40. The van der Waals surface area contributed by atoms with E-state index in [2.05, 4.69) is 5.10 Å². The van der Waals surface area contributed by atoms with Gasteiger partial charge < -0.3 is 5.73 Å². The number of hydrogen-bond acceptors (Lipinski definition) is 2. The van der Waals surface area contributed by atoms with Gasteiger partial charge in [0, 0.05) is 12.1 Å². The van der Waals surface area contributed by atoms with Crippen molar-refractivity contribution in [3.05, 3.63) is 47.3 Å². The number of halogens is 2. The first-order valence-corrected chi connectivity index (χ1v) is 5.25. The molecule has 1 aromatic carbocycles. The second-order valence-corrected chi connectivity index (χ2v) is 3.81. The van der Waals surface area contributed by atoms with E-state index in [0.29, 0.717) is 11.3 Å². The molecular weight excluding hydrogens is 224 g/mol. The van der Waals surface area contributed by atoms with Crippen molar-refractivity contribution in [1.29, 1.82) is 0 Å². The summed E-state index contributed by atoms with van der Waals surface area (Å²) in [4.78, 5) is 0. The Kier molecular flexibility index (Phi) is 3.19. The third-order valence-electron chi connectivity index (χ3n) is 2.56. The Hall–Kier alpha value is -1.75. The van der Waals surface area contributed by atoms with Crippen molar-refractivity contribution >= 4 is 0 Å². The molecule has 0 aliphatic rings. The van der Waals surface area contributed by atoms with Crippen molar-refractivity contribution < 1.29 is 8.78 Å². The third kappa shape index (κ3) is 2.19. The topological polar surface area (TPSA) is 43.8 Å². The third-order valence-corrected chi connectivity index (χ3v) is 2.56. The molecule has 2 N–H and O–H groups in total. The summed E-state index contributed by atoms with van der Waals surface area (Å²) in [7, 11) is 0. The monoisotopic (exact) mass is 237 g/mol. The zero-order chi connectivity index (χ0) is 12.4. The van der Waals surface area contributed by atoms with E-state index < -0.39 is 6.43 Å². The van der Waals surface area contributed by atoms with Crippen LogP contribution in [0.15, 0.2) is 30.5 Å². The van der Waals surface area contributed by atoms with Crippen molar-refractivity contribution in [2.45, 2.75) is 19.9 Å². The predicted octanol–water partition coefficient (Wildman–Crippen LogP) is 2.58. The molecule has 2 aromatic rings. The average Bonchev–Trinajstić information content (AvgIpc) is 2.72. The molecule has 1 aromatic heterocycles. The molecule has 0 unspecified atom stereocenters. The van der Waals surface area contributed by atoms with Gasteiger partial charge in [-0.15, -0.1) is 0 Å². The number of aryl methyl sites for hydroxylation is 1. The van der Waals surface area contributed by atoms with Crippen LogP contribution in [-0.2, 0) is 6.54 Å². The van der Waals surface area contributed by atoms with E-state index in [1.54, 1.807) is 12.1 Å². The standard InChI is InChI=1S/C12H13F2N3/c1-8-3-2-4-10(5-8)17-11(12(13)14)9(6-15)7-16-17/h2-5,7,12H,6,15H2,1H3. The molecule has 0 amide bonds. The quantitative estimate of drug-likeness (QED) is 0.891. The lowest BCUT2D eigenvalue weighted by Crippen LogP contribution is -2.06. The molecule has 0 saturated carbocycles. The van der Waals surface area contributed by atoms with Gasteiger partial charge in [0.1, 0.15) is 5.69 Å². The largest absolute Gasteiger partial charge is 0.326 e. The molecule has 0 aliphatic carbocycles. The van der Waals surface area contributed by atoms with E-state index in [4.69, 9.17) is 5.73 Å². The highest BCUT2D eigenvalue weighted by Gasteiger charge is 2.19. The van der Waals surface area contributed by atoms with Crippen LogP contribution in [0.5, 0.6) is 0 Å². The summed E-state index contributed by atoms with van der Waals surface area (Å²) < 4.78 is 27.2. The number of alkyl halides is 2. The van der Waals surface area contributed by atoms with E-state index in [1.807, 2.05) is 19.1 Å². The molecular formula is C12H13F2N3. The van der Waals surface area contributed by atoms with Gasteiger partial charge in [-0.25, -0.2) is 13.5 Å². The summed E-state index contributed by atoms with van der Waals surface area (Å²) in [6.07, 6.45) is -1.19. The molecule has 0 radical (unpaired) electrons. The van der Waals surface area contributed by atoms with Crippen LogP contribution >= 0.6 is 0 Å². The maximum absolute atomic E-state index is 13.0. The predicted molar refractivity (Wildman–Crippen MR) is 61.1 cm³/mol. The average molecular weight is 237 g/mol. The number of hydrogen-bond donors (Lipinski definition) is 1. The number of benzene rings is 1. The van der Waals surface area contributed by atoms with Crippen LogP contribution in [-0.4, -0.2) is 9.78 Å². The maximum atomic E-state index is 13.0. The summed E-state index contributed by atoms with van der Waals surface area (Å²) in [5, 5.41) is 3.98. The second-order valence-electron chi connectivity index (χ2n) is 3.81. The molecule has 0 bridgehead atoms. The maximum Gasteiger partial charge on any atom is 0.280 e. The van der Waals surface area contributed by atoms with Gasteiger partial charge in [-0.05, 0) is 24.6 Å². The molecule has 5 heteroatoms. The Morgan fingerprint density at radius 1 is 1.41 bits per heavy atom. The molecule has 17 heavy (non-hydrogen) atoms. The van der Waals surface area contributed by atoms with Crippen molar-refractivity contribution in [1.82, 2.24) is 9.78 Å². The molecule has 90 valence electrons. The van der Waals surface area contributed by atoms with E-state index in [-0.39, 0.29) is 12.2 Å². The number of aromatic nitrogens is 2. The number of rotatable bonds is 3. The first-order chi connectivity index (χ1) is 8.13. The van der Waals surface area contributed by atoms with Crippen LogP contribution in [0.3, 0.4) is 0 Å². The van der Waals surface area contributed by atoms with E-state index in [9.17, 15) is 8.78 Å². The van der Waals surface area contributed by atoms with Gasteiger partial charge in [-0.2, -0.15) is 5.10 Å². The molecule has 0 atom stereocenters. The minimum atomic E-state index is -2.59. The second kappa shape index (κ2) is 4.63. The first-order valence-electron chi connectivity index (χ1n) is 5.25. The minimum Gasteiger partial charge on any atom is -0.326 e. The summed E-state index contributed by atoms with van der Waals surface area (Å²) in [6, 6.07) is 7.26. The van der Waals surface area contributed by atoms with Crippen molar-refractivity contribution in [2.24, 2.45) is 5.73 Å². The zero-order valence-electron chi connectivity index (χ0n) is 9.40. The first kappa shape index (κ1) is 11.7. The van der Waals surface area contributed by atoms with Crippen LogP contribution in [0.1, 0.15) is 23.2 Å². The number of nitrogens with two attached hydrogens (primary N) is 1. The van der Waals surface area contributed by atoms with Gasteiger partial charge in [0.05, 0.1) is 11.9 Å². The summed E-state index contributed by atoms with van der Waals surface area (Å²) in [6.45, 7) is 1.96. The molecule has 0 aliphatic heterocycles. The van der Waals surface area contributed by atoms with Crippen LogP contribution in [0, 0.1) is 6.92 Å². The van der Waals surface area contributed by atoms with Gasteiger partial charge in [0.2, 0.25) is 0 Å². The molecule has 2 rings (SSSR count). The Morgan fingerprint density at radius 3 is 2.76 bits per heavy atom.